The average molecular weight is 473 g/mol. The minimum Gasteiger partial charge on any atom is -0.494 e. The second-order valence-corrected chi connectivity index (χ2v) is 10.8. The molecule has 2 heterocycles. The molecule has 0 aliphatic carbocycles. The molecule has 0 saturated carbocycles. The first-order valence-corrected chi connectivity index (χ1v) is 13.1. The summed E-state index contributed by atoms with van der Waals surface area (Å²) in [5, 5.41) is 4.68. The van der Waals surface area contributed by atoms with Crippen LogP contribution in [0.25, 0.3) is 17.1 Å². The first-order valence-electron chi connectivity index (χ1n) is 11.1. The molecule has 1 aromatic heterocycles. The highest BCUT2D eigenvalue weighted by Gasteiger charge is 2.24. The molecule has 7 nitrogen and oxygen atoms in total. The van der Waals surface area contributed by atoms with Crippen molar-refractivity contribution in [3.8, 4) is 22.8 Å². The molecule has 1 saturated heterocycles. The topological polar surface area (TPSA) is 77.3 Å². The largest absolute Gasteiger partial charge is 0.494 e. The Hall–Kier alpha value is -2.94. The summed E-state index contributed by atoms with van der Waals surface area (Å²) in [5.74, 6) is 0.295. The number of halogens is 1. The second kappa shape index (κ2) is 9.51. The maximum Gasteiger partial charge on any atom is 0.181 e. The Morgan fingerprint density at radius 2 is 1.79 bits per heavy atom. The van der Waals surface area contributed by atoms with E-state index in [9.17, 15) is 12.8 Å². The maximum absolute atomic E-state index is 13.8. The van der Waals surface area contributed by atoms with Gasteiger partial charge in [-0.1, -0.05) is 6.92 Å². The smallest absolute Gasteiger partial charge is 0.181 e. The number of hydrogen-bond donors (Lipinski definition) is 0. The third-order valence-electron chi connectivity index (χ3n) is 5.84. The molecule has 0 radical (unpaired) electrons. The van der Waals surface area contributed by atoms with Crippen molar-refractivity contribution in [3.63, 3.8) is 0 Å². The molecule has 1 fully saturated rings. The second-order valence-electron chi connectivity index (χ2n) is 8.61. The molecule has 1 unspecified atom stereocenters. The fourth-order valence-electron chi connectivity index (χ4n) is 4.27. The SMILES string of the molecule is COc1cc(F)ccc1-n1nc(-c2ccc(N3CCCCC3)cc2)nc1C(C)CS(C)(=O)=O. The third-order valence-corrected chi connectivity index (χ3v) is 6.95. The fraction of sp³-hybridized carbons (Fsp3) is 0.417. The van der Waals surface area contributed by atoms with Crippen LogP contribution in [0.5, 0.6) is 5.75 Å². The van der Waals surface area contributed by atoms with Gasteiger partial charge in [0.1, 0.15) is 32.9 Å². The summed E-state index contributed by atoms with van der Waals surface area (Å²) in [5.41, 5.74) is 2.49. The Morgan fingerprint density at radius 3 is 2.42 bits per heavy atom. The standard InChI is InChI=1S/C24H29FN4O3S/c1-17(16-33(3,30)31)24-26-23(27-29(24)21-12-9-19(25)15-22(21)32-2)18-7-10-20(11-8-18)28-13-5-4-6-14-28/h7-12,15,17H,4-6,13-14,16H2,1-3H3. The number of methoxy groups -OCH3 is 1. The molecule has 3 aromatic rings. The molecule has 33 heavy (non-hydrogen) atoms. The molecule has 0 amide bonds. The van der Waals surface area contributed by atoms with E-state index in [0.29, 0.717) is 23.1 Å². The van der Waals surface area contributed by atoms with Crippen LogP contribution in [0, 0.1) is 5.82 Å². The molecule has 1 aliphatic heterocycles. The molecule has 0 spiro atoms. The minimum atomic E-state index is -3.24. The van der Waals surface area contributed by atoms with E-state index in [-0.39, 0.29) is 5.75 Å². The summed E-state index contributed by atoms with van der Waals surface area (Å²) in [6, 6.07) is 12.3. The minimum absolute atomic E-state index is 0.0808. The van der Waals surface area contributed by atoms with Crippen LogP contribution in [0.15, 0.2) is 42.5 Å². The molecular weight excluding hydrogens is 443 g/mol. The van der Waals surface area contributed by atoms with Crippen molar-refractivity contribution in [2.75, 3.05) is 37.1 Å². The average Bonchev–Trinajstić information content (AvgIpc) is 3.24. The Balaban J connectivity index is 1.75. The molecule has 4 rings (SSSR count). The monoisotopic (exact) mass is 472 g/mol. The number of hydrogen-bond acceptors (Lipinski definition) is 6. The Kier molecular flexibility index (Phi) is 6.69. The van der Waals surface area contributed by atoms with Crippen LogP contribution in [0.4, 0.5) is 10.1 Å². The van der Waals surface area contributed by atoms with Crippen LogP contribution in [0.3, 0.4) is 0 Å². The van der Waals surface area contributed by atoms with Gasteiger partial charge in [-0.25, -0.2) is 22.5 Å². The van der Waals surface area contributed by atoms with Gasteiger partial charge in [0.15, 0.2) is 5.82 Å². The lowest BCUT2D eigenvalue weighted by Gasteiger charge is -2.28. The van der Waals surface area contributed by atoms with Gasteiger partial charge in [-0.05, 0) is 55.7 Å². The quantitative estimate of drug-likeness (QED) is 0.512. The molecule has 9 heteroatoms. The Labute approximate surface area is 194 Å². The summed E-state index contributed by atoms with van der Waals surface area (Å²) in [6.07, 6.45) is 4.88. The van der Waals surface area contributed by atoms with Crippen molar-refractivity contribution in [2.45, 2.75) is 32.1 Å². The number of nitrogens with zero attached hydrogens (tertiary/aromatic N) is 4. The number of rotatable bonds is 7. The van der Waals surface area contributed by atoms with Gasteiger partial charge in [0.25, 0.3) is 0 Å². The first-order chi connectivity index (χ1) is 15.7. The van der Waals surface area contributed by atoms with Gasteiger partial charge in [0.05, 0.1) is 12.9 Å². The van der Waals surface area contributed by atoms with Gasteiger partial charge < -0.3 is 9.64 Å². The number of aromatic nitrogens is 3. The van der Waals surface area contributed by atoms with Gasteiger partial charge in [0.2, 0.25) is 0 Å². The first kappa shape index (κ1) is 23.2. The third kappa shape index (κ3) is 5.35. The molecule has 0 bridgehead atoms. The van der Waals surface area contributed by atoms with Crippen molar-refractivity contribution in [3.05, 3.63) is 54.1 Å². The van der Waals surface area contributed by atoms with Crippen molar-refractivity contribution >= 4 is 15.5 Å². The molecule has 0 N–H and O–H groups in total. The van der Waals surface area contributed by atoms with Crippen LogP contribution in [-0.2, 0) is 9.84 Å². The summed E-state index contributed by atoms with van der Waals surface area (Å²) in [4.78, 5) is 7.08. The predicted octanol–water partition coefficient (Wildman–Crippen LogP) is 4.22. The molecule has 2 aromatic carbocycles. The van der Waals surface area contributed by atoms with Crippen LogP contribution >= 0.6 is 0 Å². The van der Waals surface area contributed by atoms with Crippen molar-refractivity contribution in [2.24, 2.45) is 0 Å². The summed E-state index contributed by atoms with van der Waals surface area (Å²) >= 11 is 0. The lowest BCUT2D eigenvalue weighted by atomic mass is 10.1. The van der Waals surface area contributed by atoms with Gasteiger partial charge in [-0.15, -0.1) is 5.10 Å². The van der Waals surface area contributed by atoms with E-state index >= 15 is 0 Å². The van der Waals surface area contributed by atoms with Crippen LogP contribution in [0.2, 0.25) is 0 Å². The summed E-state index contributed by atoms with van der Waals surface area (Å²) in [6.45, 7) is 3.91. The van der Waals surface area contributed by atoms with Crippen molar-refractivity contribution in [1.82, 2.24) is 14.8 Å². The van der Waals surface area contributed by atoms with E-state index in [1.807, 2.05) is 12.1 Å². The van der Waals surface area contributed by atoms with E-state index in [1.54, 1.807) is 17.7 Å². The Bertz CT molecular complexity index is 1220. The summed E-state index contributed by atoms with van der Waals surface area (Å²) < 4.78 is 44.6. The zero-order valence-electron chi connectivity index (χ0n) is 19.2. The van der Waals surface area contributed by atoms with E-state index < -0.39 is 21.6 Å². The zero-order chi connectivity index (χ0) is 23.6. The van der Waals surface area contributed by atoms with E-state index in [2.05, 4.69) is 22.1 Å². The van der Waals surface area contributed by atoms with E-state index in [0.717, 1.165) is 18.7 Å². The molecule has 176 valence electrons. The van der Waals surface area contributed by atoms with Crippen LogP contribution in [0.1, 0.15) is 37.9 Å². The number of benzene rings is 2. The lowest BCUT2D eigenvalue weighted by Crippen LogP contribution is -2.29. The number of piperidine rings is 1. The molecule has 1 atom stereocenters. The van der Waals surface area contributed by atoms with Crippen LogP contribution < -0.4 is 9.64 Å². The van der Waals surface area contributed by atoms with Crippen molar-refractivity contribution < 1.29 is 17.5 Å². The normalized spacial score (nSPS) is 15.5. The van der Waals surface area contributed by atoms with E-state index in [1.165, 1.54) is 50.4 Å². The maximum atomic E-state index is 13.8. The highest BCUT2D eigenvalue weighted by molar-refractivity contribution is 7.90. The van der Waals surface area contributed by atoms with Gasteiger partial charge in [0, 0.05) is 42.6 Å². The summed E-state index contributed by atoms with van der Waals surface area (Å²) in [7, 11) is -1.79. The number of anilines is 1. The highest BCUT2D eigenvalue weighted by atomic mass is 32.2. The van der Waals surface area contributed by atoms with Gasteiger partial charge >= 0.3 is 0 Å². The van der Waals surface area contributed by atoms with Crippen molar-refractivity contribution in [1.29, 1.82) is 0 Å². The fourth-order valence-corrected chi connectivity index (χ4v) is 5.33. The van der Waals surface area contributed by atoms with Gasteiger partial charge in [-0.2, -0.15) is 0 Å². The number of sulfone groups is 1. The van der Waals surface area contributed by atoms with Crippen LogP contribution in [-0.4, -0.2) is 55.4 Å². The lowest BCUT2D eigenvalue weighted by molar-refractivity contribution is 0.407. The molecular formula is C24H29FN4O3S. The highest BCUT2D eigenvalue weighted by Crippen LogP contribution is 2.30. The molecule has 1 aliphatic rings. The van der Waals surface area contributed by atoms with E-state index in [4.69, 9.17) is 9.72 Å². The predicted molar refractivity (Wildman–Crippen MR) is 127 cm³/mol. The Morgan fingerprint density at radius 1 is 1.09 bits per heavy atom. The van der Waals surface area contributed by atoms with Gasteiger partial charge in [-0.3, -0.25) is 0 Å². The number of ether oxygens (including phenoxy) is 1. The zero-order valence-corrected chi connectivity index (χ0v) is 20.0.